The van der Waals surface area contributed by atoms with Crippen LogP contribution < -0.4 is 4.18 Å². The van der Waals surface area contributed by atoms with Gasteiger partial charge in [-0.3, -0.25) is 4.98 Å². The van der Waals surface area contributed by atoms with Gasteiger partial charge in [-0.25, -0.2) is 0 Å². The molecule has 7 heteroatoms. The van der Waals surface area contributed by atoms with E-state index < -0.39 is 10.1 Å². The van der Waals surface area contributed by atoms with Crippen LogP contribution in [0, 0.1) is 20.8 Å². The summed E-state index contributed by atoms with van der Waals surface area (Å²) in [5.41, 5.74) is 2.84. The van der Waals surface area contributed by atoms with Crippen molar-refractivity contribution >= 4 is 44.2 Å². The molecular formula is C18H15Cl2NO3S. The fraction of sp³-hybridized carbons (Fsp3) is 0.167. The zero-order chi connectivity index (χ0) is 18.4. The van der Waals surface area contributed by atoms with Crippen LogP contribution in [0.2, 0.25) is 10.0 Å². The summed E-state index contributed by atoms with van der Waals surface area (Å²) in [6.45, 7) is 5.54. The van der Waals surface area contributed by atoms with Gasteiger partial charge in [0.25, 0.3) is 0 Å². The fourth-order valence-corrected chi connectivity index (χ4v) is 4.42. The van der Waals surface area contributed by atoms with Crippen molar-refractivity contribution in [3.05, 3.63) is 63.3 Å². The van der Waals surface area contributed by atoms with Crippen LogP contribution in [0.4, 0.5) is 0 Å². The van der Waals surface area contributed by atoms with E-state index in [9.17, 15) is 8.42 Å². The highest BCUT2D eigenvalue weighted by atomic mass is 35.5. The van der Waals surface area contributed by atoms with Crippen molar-refractivity contribution in [2.24, 2.45) is 0 Å². The van der Waals surface area contributed by atoms with E-state index in [2.05, 4.69) is 4.98 Å². The summed E-state index contributed by atoms with van der Waals surface area (Å²) >= 11 is 12.3. The number of rotatable bonds is 3. The number of halogens is 2. The van der Waals surface area contributed by atoms with Gasteiger partial charge in [0.2, 0.25) is 0 Å². The Morgan fingerprint density at radius 2 is 1.72 bits per heavy atom. The first kappa shape index (κ1) is 18.0. The maximum Gasteiger partial charge on any atom is 0.339 e. The third kappa shape index (κ3) is 3.19. The lowest BCUT2D eigenvalue weighted by atomic mass is 10.1. The molecule has 1 heterocycles. The van der Waals surface area contributed by atoms with Gasteiger partial charge in [0.05, 0.1) is 10.0 Å². The Balaban J connectivity index is 2.18. The molecule has 0 bridgehead atoms. The predicted molar refractivity (Wildman–Crippen MR) is 100 cm³/mol. The number of fused-ring (bicyclic) bond motifs is 1. The molecule has 0 unspecified atom stereocenters. The molecule has 1 aromatic heterocycles. The van der Waals surface area contributed by atoms with E-state index in [1.54, 1.807) is 25.1 Å². The van der Waals surface area contributed by atoms with E-state index >= 15 is 0 Å². The Morgan fingerprint density at radius 1 is 1.00 bits per heavy atom. The highest BCUT2D eigenvalue weighted by molar-refractivity contribution is 7.87. The number of aryl methyl sites for hydroxylation is 1. The summed E-state index contributed by atoms with van der Waals surface area (Å²) in [5, 5.41) is 1.03. The number of hydrogen-bond donors (Lipinski definition) is 0. The van der Waals surface area contributed by atoms with Crippen molar-refractivity contribution in [1.82, 2.24) is 4.98 Å². The number of benzene rings is 2. The average Bonchev–Trinajstić information content (AvgIpc) is 2.56. The Morgan fingerprint density at radius 3 is 2.44 bits per heavy atom. The minimum absolute atomic E-state index is 0.0284. The summed E-state index contributed by atoms with van der Waals surface area (Å²) < 4.78 is 31.0. The van der Waals surface area contributed by atoms with E-state index in [4.69, 9.17) is 27.4 Å². The first-order valence-corrected chi connectivity index (χ1v) is 9.63. The minimum atomic E-state index is -4.08. The highest BCUT2D eigenvalue weighted by Crippen LogP contribution is 2.38. The Bertz CT molecular complexity index is 1100. The molecule has 0 amide bonds. The number of nitrogens with zero attached hydrogens (tertiary/aromatic N) is 1. The Hall–Kier alpha value is -1.82. The van der Waals surface area contributed by atoms with Crippen molar-refractivity contribution in [1.29, 1.82) is 0 Å². The first-order valence-electron chi connectivity index (χ1n) is 7.46. The number of aromatic nitrogens is 1. The van der Waals surface area contributed by atoms with Crippen LogP contribution in [0.25, 0.3) is 10.9 Å². The van der Waals surface area contributed by atoms with Crippen molar-refractivity contribution in [3.63, 3.8) is 0 Å². The quantitative estimate of drug-likeness (QED) is 0.569. The van der Waals surface area contributed by atoms with E-state index in [0.717, 1.165) is 11.1 Å². The number of pyridine rings is 1. The molecule has 0 radical (unpaired) electrons. The molecule has 4 nitrogen and oxygen atoms in total. The summed E-state index contributed by atoms with van der Waals surface area (Å²) in [7, 11) is -4.08. The second-order valence-corrected chi connectivity index (χ2v) is 8.07. The molecule has 0 saturated heterocycles. The normalized spacial score (nSPS) is 11.7. The highest BCUT2D eigenvalue weighted by Gasteiger charge is 2.24. The van der Waals surface area contributed by atoms with Gasteiger partial charge in [-0.15, -0.1) is 0 Å². The Labute approximate surface area is 156 Å². The van der Waals surface area contributed by atoms with Gasteiger partial charge in [0, 0.05) is 11.6 Å². The average molecular weight is 396 g/mol. The van der Waals surface area contributed by atoms with Crippen LogP contribution in [0.1, 0.15) is 16.7 Å². The van der Waals surface area contributed by atoms with Gasteiger partial charge < -0.3 is 4.18 Å². The third-order valence-electron chi connectivity index (χ3n) is 4.22. The zero-order valence-corrected chi connectivity index (χ0v) is 16.1. The van der Waals surface area contributed by atoms with Gasteiger partial charge in [0.15, 0.2) is 5.75 Å². The zero-order valence-electron chi connectivity index (χ0n) is 13.8. The standard InChI is InChI=1S/C18H15Cl2NO3S/c1-10-6-7-16(12(3)11(10)2)25(22,23)24-18-15(20)9-14(19)13-5-4-8-21-17(13)18/h4-9H,1-3H3. The molecule has 0 aliphatic carbocycles. The lowest BCUT2D eigenvalue weighted by Gasteiger charge is -2.14. The van der Waals surface area contributed by atoms with Crippen LogP contribution in [-0.4, -0.2) is 13.4 Å². The second-order valence-electron chi connectivity index (χ2n) is 5.74. The molecular weight excluding hydrogens is 381 g/mol. The van der Waals surface area contributed by atoms with Crippen molar-refractivity contribution in [3.8, 4) is 5.75 Å². The van der Waals surface area contributed by atoms with Crippen molar-refractivity contribution in [2.45, 2.75) is 25.7 Å². The van der Waals surface area contributed by atoms with Gasteiger partial charge in [-0.2, -0.15) is 8.42 Å². The van der Waals surface area contributed by atoms with Crippen LogP contribution in [0.3, 0.4) is 0 Å². The summed E-state index contributed by atoms with van der Waals surface area (Å²) in [6.07, 6.45) is 1.52. The van der Waals surface area contributed by atoms with Crippen LogP contribution >= 0.6 is 23.2 Å². The lowest BCUT2D eigenvalue weighted by molar-refractivity contribution is 0.487. The molecule has 130 valence electrons. The van der Waals surface area contributed by atoms with Gasteiger partial charge in [0.1, 0.15) is 10.4 Å². The van der Waals surface area contributed by atoms with E-state index in [-0.39, 0.29) is 15.7 Å². The predicted octanol–water partition coefficient (Wildman–Crippen LogP) is 5.23. The maximum absolute atomic E-state index is 12.8. The molecule has 0 aliphatic rings. The molecule has 0 spiro atoms. The Kier molecular flexibility index (Phi) is 4.66. The summed E-state index contributed by atoms with van der Waals surface area (Å²) in [6, 6.07) is 8.16. The molecule has 0 atom stereocenters. The maximum atomic E-state index is 12.8. The van der Waals surface area contributed by atoms with E-state index in [1.807, 2.05) is 13.8 Å². The molecule has 3 rings (SSSR count). The van der Waals surface area contributed by atoms with Crippen molar-refractivity contribution < 1.29 is 12.6 Å². The van der Waals surface area contributed by atoms with Gasteiger partial charge in [-0.1, -0.05) is 29.3 Å². The molecule has 0 fully saturated rings. The molecule has 0 N–H and O–H groups in total. The molecule has 2 aromatic carbocycles. The van der Waals surface area contributed by atoms with Crippen LogP contribution in [-0.2, 0) is 10.1 Å². The second kappa shape index (κ2) is 6.48. The fourth-order valence-electron chi connectivity index (χ4n) is 2.58. The molecule has 25 heavy (non-hydrogen) atoms. The lowest BCUT2D eigenvalue weighted by Crippen LogP contribution is -2.13. The van der Waals surface area contributed by atoms with E-state index in [1.165, 1.54) is 18.3 Å². The summed E-state index contributed by atoms with van der Waals surface area (Å²) in [4.78, 5) is 4.28. The topological polar surface area (TPSA) is 56.3 Å². The summed E-state index contributed by atoms with van der Waals surface area (Å²) in [5.74, 6) is -0.0284. The number of hydrogen-bond acceptors (Lipinski definition) is 4. The smallest absolute Gasteiger partial charge is 0.339 e. The van der Waals surface area contributed by atoms with Gasteiger partial charge in [-0.05, 0) is 61.7 Å². The third-order valence-corrected chi connectivity index (χ3v) is 6.18. The SMILES string of the molecule is Cc1ccc(S(=O)(=O)Oc2c(Cl)cc(Cl)c3cccnc23)c(C)c1C. The monoisotopic (exact) mass is 395 g/mol. The van der Waals surface area contributed by atoms with Crippen LogP contribution in [0.15, 0.2) is 41.4 Å². The molecule has 3 aromatic rings. The molecule has 0 saturated carbocycles. The van der Waals surface area contributed by atoms with E-state index in [0.29, 0.717) is 21.5 Å². The minimum Gasteiger partial charge on any atom is -0.375 e. The first-order chi connectivity index (χ1) is 11.7. The van der Waals surface area contributed by atoms with Gasteiger partial charge >= 0.3 is 10.1 Å². The largest absolute Gasteiger partial charge is 0.375 e. The van der Waals surface area contributed by atoms with Crippen molar-refractivity contribution in [2.75, 3.05) is 0 Å². The molecule has 0 aliphatic heterocycles. The van der Waals surface area contributed by atoms with Crippen LogP contribution in [0.5, 0.6) is 5.75 Å².